The quantitative estimate of drug-likeness (QED) is 0.547. The van der Waals surface area contributed by atoms with Gasteiger partial charge in [0.15, 0.2) is 0 Å². The summed E-state index contributed by atoms with van der Waals surface area (Å²) in [7, 11) is -3.55. The third-order valence-corrected chi connectivity index (χ3v) is 4.79. The van der Waals surface area contributed by atoms with Gasteiger partial charge in [-0.1, -0.05) is 17.3 Å². The number of rotatable bonds is 4. The Morgan fingerprint density at radius 2 is 1.81 bits per heavy atom. The smallest absolute Gasteiger partial charge is 0.246 e. The molecule has 0 unspecified atom stereocenters. The van der Waals surface area contributed by atoms with Crippen LogP contribution in [-0.4, -0.2) is 34.4 Å². The van der Waals surface area contributed by atoms with Gasteiger partial charge in [-0.25, -0.2) is 17.8 Å². The zero-order valence-corrected chi connectivity index (χ0v) is 14.4. The number of hydrogen-bond acceptors (Lipinski definition) is 6. The number of fused-ring (bicyclic) bond motifs is 1. The van der Waals surface area contributed by atoms with Crippen molar-refractivity contribution in [3.8, 4) is 11.4 Å². The van der Waals surface area contributed by atoms with E-state index in [4.69, 9.17) is 4.52 Å². The monoisotopic (exact) mass is 372 g/mol. The van der Waals surface area contributed by atoms with Crippen LogP contribution in [0.15, 0.2) is 58.2 Å². The molecule has 0 aliphatic rings. The van der Waals surface area contributed by atoms with Crippen molar-refractivity contribution in [2.75, 3.05) is 6.26 Å². The molecule has 2 aromatic carbocycles. The van der Waals surface area contributed by atoms with Crippen molar-refractivity contribution in [2.24, 2.45) is 0 Å². The summed E-state index contributed by atoms with van der Waals surface area (Å²) in [6, 6.07) is 12.8. The van der Waals surface area contributed by atoms with E-state index < -0.39 is 9.84 Å². The Balaban J connectivity index is 1.75. The molecule has 0 atom stereocenters. The van der Waals surface area contributed by atoms with Crippen LogP contribution in [-0.2, 0) is 16.4 Å². The van der Waals surface area contributed by atoms with E-state index in [0.29, 0.717) is 22.4 Å². The first-order chi connectivity index (χ1) is 12.4. The second kappa shape index (κ2) is 6.03. The topological polar surface area (TPSA) is 90.9 Å². The minimum Gasteiger partial charge on any atom is -0.337 e. The minimum absolute atomic E-state index is 0.0527. The van der Waals surface area contributed by atoms with Gasteiger partial charge in [-0.2, -0.15) is 4.98 Å². The SMILES string of the molecule is CS(=O)(=O)c1nc2ccccc2n1Cc1nc(-c2ccc(F)cc2)no1. The third kappa shape index (κ3) is 2.97. The molecule has 0 radical (unpaired) electrons. The molecule has 9 heteroatoms. The summed E-state index contributed by atoms with van der Waals surface area (Å²) in [6.45, 7) is 0.0527. The van der Waals surface area contributed by atoms with Gasteiger partial charge in [0.05, 0.1) is 11.0 Å². The van der Waals surface area contributed by atoms with E-state index in [1.165, 1.54) is 16.7 Å². The van der Waals surface area contributed by atoms with Gasteiger partial charge in [0.25, 0.3) is 0 Å². The number of sulfone groups is 1. The maximum Gasteiger partial charge on any atom is 0.246 e. The predicted octanol–water partition coefficient (Wildman–Crippen LogP) is 2.68. The summed E-state index contributed by atoms with van der Waals surface area (Å²) in [6.07, 6.45) is 1.10. The van der Waals surface area contributed by atoms with Crippen LogP contribution in [0.5, 0.6) is 0 Å². The molecule has 0 saturated heterocycles. The van der Waals surface area contributed by atoms with Crippen molar-refractivity contribution in [2.45, 2.75) is 11.7 Å². The third-order valence-electron chi connectivity index (χ3n) is 3.82. The average molecular weight is 372 g/mol. The lowest BCUT2D eigenvalue weighted by molar-refractivity contribution is 0.369. The highest BCUT2D eigenvalue weighted by Crippen LogP contribution is 2.22. The molecule has 0 spiro atoms. The van der Waals surface area contributed by atoms with Gasteiger partial charge < -0.3 is 9.09 Å². The normalized spacial score (nSPS) is 11.9. The summed E-state index contributed by atoms with van der Waals surface area (Å²) in [5.41, 5.74) is 1.81. The number of benzene rings is 2. The van der Waals surface area contributed by atoms with Crippen molar-refractivity contribution >= 4 is 20.9 Å². The Hall–Kier alpha value is -3.07. The Kier molecular flexibility index (Phi) is 3.80. The molecule has 26 heavy (non-hydrogen) atoms. The van der Waals surface area contributed by atoms with Crippen LogP contribution in [0, 0.1) is 5.82 Å². The molecule has 7 nitrogen and oxygen atoms in total. The van der Waals surface area contributed by atoms with Crippen LogP contribution < -0.4 is 0 Å². The highest BCUT2D eigenvalue weighted by atomic mass is 32.2. The fourth-order valence-electron chi connectivity index (χ4n) is 2.66. The summed E-state index contributed by atoms with van der Waals surface area (Å²) in [4.78, 5) is 8.47. The van der Waals surface area contributed by atoms with E-state index >= 15 is 0 Å². The van der Waals surface area contributed by atoms with E-state index in [0.717, 1.165) is 6.26 Å². The number of halogens is 1. The van der Waals surface area contributed by atoms with Crippen LogP contribution in [0.3, 0.4) is 0 Å². The molecule has 0 fully saturated rings. The van der Waals surface area contributed by atoms with Crippen LogP contribution in [0.2, 0.25) is 0 Å². The van der Waals surface area contributed by atoms with Crippen molar-refractivity contribution in [3.05, 3.63) is 60.2 Å². The minimum atomic E-state index is -3.55. The van der Waals surface area contributed by atoms with E-state index in [1.807, 2.05) is 0 Å². The van der Waals surface area contributed by atoms with Gasteiger partial charge in [0.1, 0.15) is 12.4 Å². The zero-order valence-electron chi connectivity index (χ0n) is 13.6. The summed E-state index contributed by atoms with van der Waals surface area (Å²) in [5.74, 6) is 0.155. The molecular formula is C17H13FN4O3S. The molecule has 0 saturated carbocycles. The van der Waals surface area contributed by atoms with Crippen LogP contribution >= 0.6 is 0 Å². The Morgan fingerprint density at radius 3 is 2.54 bits per heavy atom. The lowest BCUT2D eigenvalue weighted by Gasteiger charge is -2.04. The molecule has 0 bridgehead atoms. The molecule has 2 aromatic heterocycles. The highest BCUT2D eigenvalue weighted by molar-refractivity contribution is 7.90. The first kappa shape index (κ1) is 16.4. The second-order valence-electron chi connectivity index (χ2n) is 5.76. The summed E-state index contributed by atoms with van der Waals surface area (Å²) < 4.78 is 44.0. The second-order valence-corrected chi connectivity index (χ2v) is 7.67. The van der Waals surface area contributed by atoms with Crippen LogP contribution in [0.25, 0.3) is 22.4 Å². The molecule has 4 rings (SSSR count). The number of nitrogens with zero attached hydrogens (tertiary/aromatic N) is 4. The highest BCUT2D eigenvalue weighted by Gasteiger charge is 2.21. The molecule has 0 N–H and O–H groups in total. The first-order valence-electron chi connectivity index (χ1n) is 7.66. The molecule has 4 aromatic rings. The van der Waals surface area contributed by atoms with E-state index in [9.17, 15) is 12.8 Å². The van der Waals surface area contributed by atoms with Crippen molar-refractivity contribution in [1.29, 1.82) is 0 Å². The lowest BCUT2D eigenvalue weighted by atomic mass is 10.2. The molecule has 132 valence electrons. The Morgan fingerprint density at radius 1 is 1.08 bits per heavy atom. The van der Waals surface area contributed by atoms with Gasteiger partial charge in [-0.15, -0.1) is 0 Å². The van der Waals surface area contributed by atoms with Gasteiger partial charge in [0.2, 0.25) is 26.7 Å². The summed E-state index contributed by atoms with van der Waals surface area (Å²) in [5, 5.41) is 3.81. The maximum absolute atomic E-state index is 13.0. The number of imidazole rings is 1. The fourth-order valence-corrected chi connectivity index (χ4v) is 3.49. The van der Waals surface area contributed by atoms with E-state index in [2.05, 4.69) is 15.1 Å². The molecule has 0 aliphatic carbocycles. The maximum atomic E-state index is 13.0. The molecule has 2 heterocycles. The Labute approximate surface area is 148 Å². The largest absolute Gasteiger partial charge is 0.337 e. The van der Waals surface area contributed by atoms with Gasteiger partial charge in [0, 0.05) is 11.8 Å². The van der Waals surface area contributed by atoms with Crippen molar-refractivity contribution in [3.63, 3.8) is 0 Å². The lowest BCUT2D eigenvalue weighted by Crippen LogP contribution is -2.10. The summed E-state index contributed by atoms with van der Waals surface area (Å²) >= 11 is 0. The predicted molar refractivity (Wildman–Crippen MR) is 91.6 cm³/mol. The molecular weight excluding hydrogens is 359 g/mol. The molecule has 0 aliphatic heterocycles. The van der Waals surface area contributed by atoms with E-state index in [1.54, 1.807) is 36.4 Å². The number of hydrogen-bond donors (Lipinski definition) is 0. The Bertz CT molecular complexity index is 1200. The van der Waals surface area contributed by atoms with Crippen molar-refractivity contribution < 1.29 is 17.3 Å². The van der Waals surface area contributed by atoms with Crippen LogP contribution in [0.1, 0.15) is 5.89 Å². The van der Waals surface area contributed by atoms with E-state index in [-0.39, 0.29) is 23.4 Å². The number of aromatic nitrogens is 4. The zero-order chi connectivity index (χ0) is 18.3. The number of para-hydroxylation sites is 2. The first-order valence-corrected chi connectivity index (χ1v) is 9.55. The van der Waals surface area contributed by atoms with Gasteiger partial charge >= 0.3 is 0 Å². The average Bonchev–Trinajstić information content (AvgIpc) is 3.21. The van der Waals surface area contributed by atoms with Crippen LogP contribution in [0.4, 0.5) is 4.39 Å². The van der Waals surface area contributed by atoms with Gasteiger partial charge in [-0.05, 0) is 36.4 Å². The van der Waals surface area contributed by atoms with Crippen molar-refractivity contribution in [1.82, 2.24) is 19.7 Å². The standard InChI is InChI=1S/C17H13FN4O3S/c1-26(23,24)17-19-13-4-2-3-5-14(13)22(17)10-15-20-16(21-25-15)11-6-8-12(18)9-7-11/h2-9H,10H2,1H3. The molecule has 0 amide bonds. The fraction of sp³-hybridized carbons (Fsp3) is 0.118. The van der Waals surface area contributed by atoms with Gasteiger partial charge in [-0.3, -0.25) is 0 Å².